The molecule has 0 N–H and O–H groups in total. The van der Waals surface area contributed by atoms with E-state index in [4.69, 9.17) is 10.00 Å². The van der Waals surface area contributed by atoms with E-state index in [1.807, 2.05) is 23.6 Å². The van der Waals surface area contributed by atoms with Crippen LogP contribution in [0, 0.1) is 17.1 Å². The number of benzene rings is 1. The highest BCUT2D eigenvalue weighted by Gasteiger charge is 2.12. The number of hydrogen-bond acceptors (Lipinski definition) is 3. The van der Waals surface area contributed by atoms with E-state index in [1.165, 1.54) is 12.1 Å². The van der Waals surface area contributed by atoms with Crippen LogP contribution in [0.4, 0.5) is 4.39 Å². The first-order valence-electron chi connectivity index (χ1n) is 4.75. The minimum Gasteiger partial charge on any atom is -0.485 e. The van der Waals surface area contributed by atoms with Gasteiger partial charge in [-0.05, 0) is 39.5 Å². The molecule has 1 heterocycles. The molecule has 0 aliphatic carbocycles. The van der Waals surface area contributed by atoms with Crippen LogP contribution in [0.2, 0.25) is 0 Å². The number of rotatable bonds is 3. The normalized spacial score (nSPS) is 9.94. The standard InChI is InChI=1S/C12H7BrFNOS/c13-11-8(6-15)3-4-10(12(11)14)16-7-9-2-1-5-17-9/h1-5H,7H2. The summed E-state index contributed by atoms with van der Waals surface area (Å²) in [6, 6.07) is 8.71. The molecule has 17 heavy (non-hydrogen) atoms. The van der Waals surface area contributed by atoms with Gasteiger partial charge in [-0.2, -0.15) is 5.26 Å². The molecule has 0 saturated heterocycles. The number of thiophene rings is 1. The van der Waals surface area contributed by atoms with Crippen LogP contribution in [0.3, 0.4) is 0 Å². The number of nitriles is 1. The van der Waals surface area contributed by atoms with Crippen molar-refractivity contribution in [3.05, 3.63) is 50.4 Å². The fourth-order valence-corrected chi connectivity index (χ4v) is 2.31. The van der Waals surface area contributed by atoms with E-state index in [-0.39, 0.29) is 15.8 Å². The minimum atomic E-state index is -0.541. The Labute approximate surface area is 110 Å². The van der Waals surface area contributed by atoms with Crippen molar-refractivity contribution >= 4 is 27.3 Å². The summed E-state index contributed by atoms with van der Waals surface area (Å²) in [5.74, 6) is -0.398. The Bertz CT molecular complexity index is 563. The van der Waals surface area contributed by atoms with Crippen LogP contribution in [-0.4, -0.2) is 0 Å². The second kappa shape index (κ2) is 5.30. The van der Waals surface area contributed by atoms with Crippen molar-refractivity contribution in [2.45, 2.75) is 6.61 Å². The molecule has 0 aliphatic rings. The Morgan fingerprint density at radius 2 is 2.24 bits per heavy atom. The monoisotopic (exact) mass is 311 g/mol. The maximum Gasteiger partial charge on any atom is 0.180 e. The summed E-state index contributed by atoms with van der Waals surface area (Å²) in [4.78, 5) is 1.02. The van der Waals surface area contributed by atoms with Gasteiger partial charge in [0, 0.05) is 4.88 Å². The summed E-state index contributed by atoms with van der Waals surface area (Å²) in [5.41, 5.74) is 0.256. The van der Waals surface area contributed by atoms with Gasteiger partial charge in [-0.3, -0.25) is 0 Å². The predicted octanol–water partition coefficient (Wildman–Crippen LogP) is 4.10. The number of nitrogens with zero attached hydrogens (tertiary/aromatic N) is 1. The Morgan fingerprint density at radius 1 is 1.41 bits per heavy atom. The van der Waals surface area contributed by atoms with E-state index in [2.05, 4.69) is 15.9 Å². The molecular weight excluding hydrogens is 305 g/mol. The number of hydrogen-bond donors (Lipinski definition) is 0. The molecule has 0 atom stereocenters. The first-order chi connectivity index (χ1) is 8.22. The average Bonchev–Trinajstić information content (AvgIpc) is 2.84. The summed E-state index contributed by atoms with van der Waals surface area (Å²) in [6.07, 6.45) is 0. The molecule has 0 bridgehead atoms. The van der Waals surface area contributed by atoms with Crippen LogP contribution < -0.4 is 4.74 Å². The third kappa shape index (κ3) is 2.65. The topological polar surface area (TPSA) is 33.0 Å². The zero-order valence-corrected chi connectivity index (χ0v) is 11.0. The predicted molar refractivity (Wildman–Crippen MR) is 67.5 cm³/mol. The fraction of sp³-hybridized carbons (Fsp3) is 0.0833. The summed E-state index contributed by atoms with van der Waals surface area (Å²) in [6.45, 7) is 0.326. The third-order valence-electron chi connectivity index (χ3n) is 2.12. The van der Waals surface area contributed by atoms with Crippen molar-refractivity contribution < 1.29 is 9.13 Å². The minimum absolute atomic E-state index is 0.142. The lowest BCUT2D eigenvalue weighted by atomic mass is 10.2. The molecule has 2 aromatic rings. The number of ether oxygens (including phenoxy) is 1. The van der Waals surface area contributed by atoms with Gasteiger partial charge in [-0.1, -0.05) is 6.07 Å². The Morgan fingerprint density at radius 3 is 2.88 bits per heavy atom. The van der Waals surface area contributed by atoms with Crippen molar-refractivity contribution in [1.82, 2.24) is 0 Å². The van der Waals surface area contributed by atoms with Gasteiger partial charge in [0.15, 0.2) is 11.6 Å². The lowest BCUT2D eigenvalue weighted by Crippen LogP contribution is -1.97. The van der Waals surface area contributed by atoms with Gasteiger partial charge >= 0.3 is 0 Å². The summed E-state index contributed by atoms with van der Waals surface area (Å²) < 4.78 is 19.3. The molecule has 2 nitrogen and oxygen atoms in total. The third-order valence-corrected chi connectivity index (χ3v) is 3.74. The fourth-order valence-electron chi connectivity index (χ4n) is 1.27. The van der Waals surface area contributed by atoms with Gasteiger partial charge in [0.1, 0.15) is 12.7 Å². The molecule has 0 saturated carbocycles. The quantitative estimate of drug-likeness (QED) is 0.855. The van der Waals surface area contributed by atoms with Crippen LogP contribution in [-0.2, 0) is 6.61 Å². The van der Waals surface area contributed by atoms with E-state index < -0.39 is 5.82 Å². The molecule has 0 radical (unpaired) electrons. The van der Waals surface area contributed by atoms with Gasteiger partial charge in [0.25, 0.3) is 0 Å². The molecular formula is C12H7BrFNOS. The highest BCUT2D eigenvalue weighted by Crippen LogP contribution is 2.28. The molecule has 5 heteroatoms. The van der Waals surface area contributed by atoms with E-state index in [9.17, 15) is 4.39 Å². The van der Waals surface area contributed by atoms with E-state index in [1.54, 1.807) is 11.3 Å². The second-order valence-corrected chi connectivity index (χ2v) is 5.04. The molecule has 0 spiro atoms. The second-order valence-electron chi connectivity index (χ2n) is 3.22. The summed E-state index contributed by atoms with van der Waals surface area (Å²) in [7, 11) is 0. The van der Waals surface area contributed by atoms with E-state index in [0.717, 1.165) is 4.88 Å². The first kappa shape index (κ1) is 12.1. The van der Waals surface area contributed by atoms with E-state index in [0.29, 0.717) is 6.61 Å². The highest BCUT2D eigenvalue weighted by molar-refractivity contribution is 9.10. The largest absolute Gasteiger partial charge is 0.485 e. The molecule has 1 aromatic heterocycles. The van der Waals surface area contributed by atoms with Crippen LogP contribution in [0.1, 0.15) is 10.4 Å². The van der Waals surface area contributed by atoms with Crippen molar-refractivity contribution in [2.75, 3.05) is 0 Å². The molecule has 86 valence electrons. The van der Waals surface area contributed by atoms with Gasteiger partial charge < -0.3 is 4.74 Å². The lowest BCUT2D eigenvalue weighted by molar-refractivity contribution is 0.293. The lowest BCUT2D eigenvalue weighted by Gasteiger charge is -2.07. The number of halogens is 2. The molecule has 0 amide bonds. The zero-order valence-electron chi connectivity index (χ0n) is 8.61. The molecule has 0 aliphatic heterocycles. The Balaban J connectivity index is 2.17. The van der Waals surface area contributed by atoms with Crippen LogP contribution in [0.15, 0.2) is 34.1 Å². The Hall–Kier alpha value is -1.38. The van der Waals surface area contributed by atoms with Crippen LogP contribution in [0.25, 0.3) is 0 Å². The van der Waals surface area contributed by atoms with Crippen molar-refractivity contribution in [2.24, 2.45) is 0 Å². The van der Waals surface area contributed by atoms with Gasteiger partial charge in [0.05, 0.1) is 10.0 Å². The molecule has 2 rings (SSSR count). The highest BCUT2D eigenvalue weighted by atomic mass is 79.9. The molecule has 0 fully saturated rings. The van der Waals surface area contributed by atoms with Crippen LogP contribution >= 0.6 is 27.3 Å². The average molecular weight is 312 g/mol. The van der Waals surface area contributed by atoms with Crippen molar-refractivity contribution in [1.29, 1.82) is 5.26 Å². The van der Waals surface area contributed by atoms with E-state index >= 15 is 0 Å². The first-order valence-corrected chi connectivity index (χ1v) is 6.43. The Kier molecular flexibility index (Phi) is 3.77. The van der Waals surface area contributed by atoms with Gasteiger partial charge in [-0.15, -0.1) is 11.3 Å². The summed E-state index contributed by atoms with van der Waals surface area (Å²) in [5, 5.41) is 10.7. The smallest absolute Gasteiger partial charge is 0.180 e. The maximum atomic E-state index is 13.8. The zero-order chi connectivity index (χ0) is 12.3. The molecule has 0 unspecified atom stereocenters. The SMILES string of the molecule is N#Cc1ccc(OCc2cccs2)c(F)c1Br. The summed E-state index contributed by atoms with van der Waals surface area (Å²) >= 11 is 4.58. The van der Waals surface area contributed by atoms with Crippen LogP contribution in [0.5, 0.6) is 5.75 Å². The van der Waals surface area contributed by atoms with Gasteiger partial charge in [-0.25, -0.2) is 4.39 Å². The molecule has 1 aromatic carbocycles. The van der Waals surface area contributed by atoms with Crippen molar-refractivity contribution in [3.8, 4) is 11.8 Å². The van der Waals surface area contributed by atoms with Crippen molar-refractivity contribution in [3.63, 3.8) is 0 Å². The maximum absolute atomic E-state index is 13.8. The van der Waals surface area contributed by atoms with Gasteiger partial charge in [0.2, 0.25) is 0 Å².